The minimum absolute atomic E-state index is 0. The van der Waals surface area contributed by atoms with Gasteiger partial charge in [0.05, 0.1) is 6.54 Å². The van der Waals surface area contributed by atoms with Gasteiger partial charge in [-0.1, -0.05) is 6.08 Å². The molecule has 0 bridgehead atoms. The van der Waals surface area contributed by atoms with Crippen molar-refractivity contribution >= 4 is 41.8 Å². The third-order valence-electron chi connectivity index (χ3n) is 3.76. The van der Waals surface area contributed by atoms with Crippen LogP contribution < -0.4 is 10.6 Å². The van der Waals surface area contributed by atoms with E-state index in [-0.39, 0.29) is 48.4 Å². The lowest BCUT2D eigenvalue weighted by molar-refractivity contribution is -0.127. The van der Waals surface area contributed by atoms with Crippen LogP contribution in [0.5, 0.6) is 0 Å². The smallest absolute Gasteiger partial charge is 0.243 e. The number of nitrogens with one attached hydrogen (secondary N) is 2. The van der Waals surface area contributed by atoms with Crippen LogP contribution in [0.3, 0.4) is 0 Å². The van der Waals surface area contributed by atoms with E-state index in [2.05, 4.69) is 32.0 Å². The van der Waals surface area contributed by atoms with Crippen molar-refractivity contribution in [2.45, 2.75) is 19.9 Å². The minimum Gasteiger partial charge on any atom is -0.353 e. The van der Waals surface area contributed by atoms with Crippen molar-refractivity contribution in [1.29, 1.82) is 0 Å². The molecule has 2 amide bonds. The Kier molecular flexibility index (Phi) is 12.2. The van der Waals surface area contributed by atoms with Crippen molar-refractivity contribution < 1.29 is 9.59 Å². The van der Waals surface area contributed by atoms with Crippen molar-refractivity contribution in [2.75, 3.05) is 59.9 Å². The molecule has 0 aromatic carbocycles. The first kappa shape index (κ1) is 24.6. The zero-order chi connectivity index (χ0) is 18.8. The summed E-state index contributed by atoms with van der Waals surface area (Å²) in [6, 6.07) is 0.157. The van der Waals surface area contributed by atoms with Crippen molar-refractivity contribution in [3.05, 3.63) is 12.7 Å². The van der Waals surface area contributed by atoms with E-state index in [1.807, 2.05) is 13.8 Å². The van der Waals surface area contributed by atoms with Crippen molar-refractivity contribution in [1.82, 2.24) is 25.3 Å². The molecule has 0 atom stereocenters. The highest BCUT2D eigenvalue weighted by Crippen LogP contribution is 2.02. The van der Waals surface area contributed by atoms with E-state index in [1.165, 1.54) is 4.90 Å². The first-order chi connectivity index (χ1) is 11.8. The second kappa shape index (κ2) is 12.9. The summed E-state index contributed by atoms with van der Waals surface area (Å²) in [4.78, 5) is 33.8. The molecular formula is C17H33IN6O2. The van der Waals surface area contributed by atoms with Gasteiger partial charge in [0.25, 0.3) is 0 Å². The average molecular weight is 480 g/mol. The van der Waals surface area contributed by atoms with Crippen LogP contribution in [-0.2, 0) is 9.59 Å². The molecule has 1 aliphatic rings. The molecule has 1 fully saturated rings. The number of aliphatic imine (C=N–C) groups is 1. The maximum atomic E-state index is 11.9. The molecule has 0 spiro atoms. The van der Waals surface area contributed by atoms with E-state index in [0.717, 1.165) is 26.2 Å². The van der Waals surface area contributed by atoms with Gasteiger partial charge in [-0.25, -0.2) is 4.99 Å². The van der Waals surface area contributed by atoms with E-state index >= 15 is 0 Å². The Balaban J connectivity index is 0.00000625. The lowest BCUT2D eigenvalue weighted by Gasteiger charge is -2.36. The van der Waals surface area contributed by atoms with Crippen LogP contribution in [0.4, 0.5) is 0 Å². The molecular weight excluding hydrogens is 447 g/mol. The second-order valence-corrected chi connectivity index (χ2v) is 6.58. The molecule has 0 radical (unpaired) electrons. The number of rotatable bonds is 7. The van der Waals surface area contributed by atoms with Gasteiger partial charge >= 0.3 is 0 Å². The molecule has 0 saturated carbocycles. The van der Waals surface area contributed by atoms with Crippen molar-refractivity contribution in [3.63, 3.8) is 0 Å². The third-order valence-corrected chi connectivity index (χ3v) is 3.76. The summed E-state index contributed by atoms with van der Waals surface area (Å²) in [5, 5.41) is 6.12. The molecule has 0 aromatic heterocycles. The quantitative estimate of drug-likeness (QED) is 0.232. The molecule has 1 rings (SSSR count). The average Bonchev–Trinajstić information content (AvgIpc) is 2.54. The number of amides is 2. The molecule has 8 nitrogen and oxygen atoms in total. The fourth-order valence-electron chi connectivity index (χ4n) is 2.40. The molecule has 1 heterocycles. The topological polar surface area (TPSA) is 80.3 Å². The van der Waals surface area contributed by atoms with Crippen molar-refractivity contribution in [2.24, 2.45) is 4.99 Å². The summed E-state index contributed by atoms with van der Waals surface area (Å²) >= 11 is 0. The maximum absolute atomic E-state index is 11.9. The lowest BCUT2D eigenvalue weighted by atomic mass is 10.3. The largest absolute Gasteiger partial charge is 0.353 e. The summed E-state index contributed by atoms with van der Waals surface area (Å²) in [5.74, 6) is 0.724. The van der Waals surface area contributed by atoms with Gasteiger partial charge in [0.1, 0.15) is 6.54 Å². The van der Waals surface area contributed by atoms with E-state index in [4.69, 9.17) is 0 Å². The van der Waals surface area contributed by atoms with E-state index in [0.29, 0.717) is 19.0 Å². The predicted molar refractivity (Wildman–Crippen MR) is 116 cm³/mol. The Bertz CT molecular complexity index is 488. The molecule has 0 aliphatic carbocycles. The van der Waals surface area contributed by atoms with Gasteiger partial charge < -0.3 is 20.4 Å². The van der Waals surface area contributed by atoms with Crippen LogP contribution in [0.2, 0.25) is 0 Å². The molecule has 9 heteroatoms. The van der Waals surface area contributed by atoms with Gasteiger partial charge in [-0.15, -0.1) is 30.6 Å². The van der Waals surface area contributed by atoms with E-state index in [9.17, 15) is 9.59 Å². The Hall–Kier alpha value is -1.36. The first-order valence-corrected chi connectivity index (χ1v) is 8.69. The highest BCUT2D eigenvalue weighted by Gasteiger charge is 2.21. The van der Waals surface area contributed by atoms with Gasteiger partial charge in [-0.05, 0) is 13.8 Å². The summed E-state index contributed by atoms with van der Waals surface area (Å²) in [7, 11) is 3.44. The second-order valence-electron chi connectivity index (χ2n) is 6.58. The molecule has 0 unspecified atom stereocenters. The van der Waals surface area contributed by atoms with Crippen LogP contribution in [0.25, 0.3) is 0 Å². The highest BCUT2D eigenvalue weighted by atomic mass is 127. The standard InChI is InChI=1S/C17H32N6O2.HI/c1-6-7-18-17(19-12-16(25)21(4)5)23-10-8-22(9-11-23)13-15(24)20-14(2)3;/h6,14H,1,7-13H2,2-5H3,(H,18,19)(H,20,24);1H. The molecule has 150 valence electrons. The summed E-state index contributed by atoms with van der Waals surface area (Å²) in [6.07, 6.45) is 1.76. The van der Waals surface area contributed by atoms with Gasteiger partial charge in [-0.2, -0.15) is 0 Å². The number of piperazine rings is 1. The number of carbonyl (C=O) groups excluding carboxylic acids is 2. The minimum atomic E-state index is -0.0399. The zero-order valence-corrected chi connectivity index (χ0v) is 18.7. The Morgan fingerprint density at radius 2 is 1.85 bits per heavy atom. The number of hydrogen-bond acceptors (Lipinski definition) is 4. The SMILES string of the molecule is C=CCNC(=NCC(=O)N(C)C)N1CCN(CC(=O)NC(C)C)CC1.I. The maximum Gasteiger partial charge on any atom is 0.243 e. The molecule has 1 aliphatic heterocycles. The summed E-state index contributed by atoms with van der Waals surface area (Å²) in [5.41, 5.74) is 0. The Morgan fingerprint density at radius 1 is 1.23 bits per heavy atom. The molecule has 1 saturated heterocycles. The Labute approximate surface area is 174 Å². The molecule has 0 aromatic rings. The molecule has 26 heavy (non-hydrogen) atoms. The van der Waals surface area contributed by atoms with Gasteiger partial charge in [-0.3, -0.25) is 14.5 Å². The van der Waals surface area contributed by atoms with Crippen LogP contribution in [-0.4, -0.2) is 98.4 Å². The first-order valence-electron chi connectivity index (χ1n) is 8.69. The monoisotopic (exact) mass is 480 g/mol. The third kappa shape index (κ3) is 9.37. The van der Waals surface area contributed by atoms with Crippen LogP contribution in [0.1, 0.15) is 13.8 Å². The van der Waals surface area contributed by atoms with Crippen LogP contribution in [0, 0.1) is 0 Å². The highest BCUT2D eigenvalue weighted by molar-refractivity contribution is 14.0. The van der Waals surface area contributed by atoms with Crippen molar-refractivity contribution in [3.8, 4) is 0 Å². The number of guanidine groups is 1. The number of carbonyl (C=O) groups is 2. The van der Waals surface area contributed by atoms with Gasteiger partial charge in [0, 0.05) is 52.9 Å². The number of halogens is 1. The zero-order valence-electron chi connectivity index (χ0n) is 16.3. The number of nitrogens with zero attached hydrogens (tertiary/aromatic N) is 4. The van der Waals surface area contributed by atoms with Gasteiger partial charge in [0.2, 0.25) is 11.8 Å². The fourth-order valence-corrected chi connectivity index (χ4v) is 2.40. The van der Waals surface area contributed by atoms with Gasteiger partial charge in [0.15, 0.2) is 5.96 Å². The Morgan fingerprint density at radius 3 is 2.35 bits per heavy atom. The number of hydrogen-bond donors (Lipinski definition) is 2. The summed E-state index contributed by atoms with van der Waals surface area (Å²) < 4.78 is 0. The van der Waals surface area contributed by atoms with E-state index in [1.54, 1.807) is 20.2 Å². The predicted octanol–water partition coefficient (Wildman–Crippen LogP) is -0.0336. The number of likely N-dealkylation sites (N-methyl/N-ethyl adjacent to an activating group) is 1. The van der Waals surface area contributed by atoms with Crippen LogP contribution in [0.15, 0.2) is 17.6 Å². The lowest BCUT2D eigenvalue weighted by Crippen LogP contribution is -2.54. The van der Waals surface area contributed by atoms with Crippen LogP contribution >= 0.6 is 24.0 Å². The fraction of sp³-hybridized carbons (Fsp3) is 0.706. The van der Waals surface area contributed by atoms with E-state index < -0.39 is 0 Å². The normalized spacial score (nSPS) is 15.3. The molecule has 2 N–H and O–H groups in total. The summed E-state index contributed by atoms with van der Waals surface area (Å²) in [6.45, 7) is 11.8.